The van der Waals surface area contributed by atoms with Gasteiger partial charge in [0.2, 0.25) is 5.91 Å². The van der Waals surface area contributed by atoms with E-state index in [1.165, 1.54) is 5.69 Å². The Kier molecular flexibility index (Phi) is 15.6. The fourth-order valence-corrected chi connectivity index (χ4v) is 4.88. The van der Waals surface area contributed by atoms with E-state index in [4.69, 9.17) is 0 Å². The van der Waals surface area contributed by atoms with Crippen LogP contribution < -0.4 is 5.32 Å². The molecular formula is C32H50N2O5. The van der Waals surface area contributed by atoms with Crippen molar-refractivity contribution in [3.8, 4) is 0 Å². The van der Waals surface area contributed by atoms with Gasteiger partial charge in [-0.1, -0.05) is 45.3 Å². The maximum absolute atomic E-state index is 11.8. The number of hydrogen-bond acceptors (Lipinski definition) is 5. The molecule has 4 atom stereocenters. The number of fused-ring (bicyclic) bond motifs is 1. The SMILES string of the molecule is CC/C=C\CCCC(=O)NCCc1c[nH]c2c1C=C(O)CC2.CCCCCC(O)C=C=CC1C[C@@H](O)C[C@H]1O. The van der Waals surface area contributed by atoms with E-state index in [0.29, 0.717) is 38.0 Å². The molecule has 39 heavy (non-hydrogen) atoms. The van der Waals surface area contributed by atoms with Crippen LogP contribution in [0, 0.1) is 5.92 Å². The maximum atomic E-state index is 11.8. The number of aliphatic hydroxyl groups is 4. The number of carbonyl (C=O) groups is 1. The lowest BCUT2D eigenvalue weighted by atomic mass is 9.99. The van der Waals surface area contributed by atoms with Crippen LogP contribution in [0.5, 0.6) is 0 Å². The standard InChI is InChI=1S/C18H26N2O2.C14H24O3/c1-2-3-4-5-6-7-18(22)19-11-10-14-13-20-17-9-8-15(21)12-16(14)17;1-2-3-4-7-12(15)8-5-6-11-9-13(16)10-14(11)17/h3-4,12-13,20-21H,2,5-11H2,1H3,(H,19,22);6,8,11-17H,2-4,7,9-10H2,1H3/b4-3-;/t;5?,11?,12?,13-,14-/m.1/s1. The molecular weight excluding hydrogens is 492 g/mol. The summed E-state index contributed by atoms with van der Waals surface area (Å²) in [5, 5.41) is 41.2. The molecule has 1 saturated carbocycles. The zero-order valence-electron chi connectivity index (χ0n) is 23.9. The van der Waals surface area contributed by atoms with Crippen LogP contribution in [0.2, 0.25) is 0 Å². The van der Waals surface area contributed by atoms with Gasteiger partial charge < -0.3 is 30.7 Å². The second kappa shape index (κ2) is 18.7. The molecule has 0 aliphatic heterocycles. The normalized spacial score (nSPS) is 20.8. The summed E-state index contributed by atoms with van der Waals surface area (Å²) in [5.41, 5.74) is 6.38. The molecule has 7 heteroatoms. The lowest BCUT2D eigenvalue weighted by molar-refractivity contribution is -0.121. The molecule has 3 rings (SSSR count). The summed E-state index contributed by atoms with van der Waals surface area (Å²) < 4.78 is 0. The summed E-state index contributed by atoms with van der Waals surface area (Å²) in [5.74, 6) is 0.536. The predicted molar refractivity (Wildman–Crippen MR) is 157 cm³/mol. The predicted octanol–water partition coefficient (Wildman–Crippen LogP) is 5.43. The first kappa shape index (κ1) is 32.6. The molecule has 0 bridgehead atoms. The number of nitrogens with one attached hydrogen (secondary N) is 2. The first-order valence-electron chi connectivity index (χ1n) is 14.8. The minimum absolute atomic E-state index is 0.0240. The third kappa shape index (κ3) is 12.9. The van der Waals surface area contributed by atoms with Gasteiger partial charge in [-0.2, -0.15) is 0 Å². The fraction of sp³-hybridized carbons (Fsp3) is 0.625. The van der Waals surface area contributed by atoms with E-state index in [-0.39, 0.29) is 11.8 Å². The fourth-order valence-electron chi connectivity index (χ4n) is 4.88. The van der Waals surface area contributed by atoms with Crippen molar-refractivity contribution >= 4 is 12.0 Å². The number of rotatable bonds is 14. The third-order valence-electron chi connectivity index (χ3n) is 7.18. The van der Waals surface area contributed by atoms with Gasteiger partial charge in [0.05, 0.1) is 24.1 Å². The van der Waals surface area contributed by atoms with Gasteiger partial charge in [-0.25, -0.2) is 0 Å². The van der Waals surface area contributed by atoms with Crippen molar-refractivity contribution < 1.29 is 25.2 Å². The lowest BCUT2D eigenvalue weighted by Gasteiger charge is -2.10. The van der Waals surface area contributed by atoms with Gasteiger partial charge in [-0.15, -0.1) is 5.73 Å². The van der Waals surface area contributed by atoms with E-state index in [0.717, 1.165) is 68.9 Å². The van der Waals surface area contributed by atoms with Gasteiger partial charge in [0.25, 0.3) is 0 Å². The summed E-state index contributed by atoms with van der Waals surface area (Å²) in [7, 11) is 0. The van der Waals surface area contributed by atoms with Crippen LogP contribution >= 0.6 is 0 Å². The van der Waals surface area contributed by atoms with Crippen molar-refractivity contribution in [2.75, 3.05) is 6.54 Å². The van der Waals surface area contributed by atoms with Gasteiger partial charge in [-0.3, -0.25) is 4.79 Å². The molecule has 1 aromatic heterocycles. The van der Waals surface area contributed by atoms with Crippen LogP contribution in [0.25, 0.3) is 6.08 Å². The molecule has 2 unspecified atom stereocenters. The van der Waals surface area contributed by atoms with Crippen molar-refractivity contribution in [3.05, 3.63) is 58.8 Å². The number of allylic oxidation sites excluding steroid dienone is 3. The first-order chi connectivity index (χ1) is 18.8. The second-order valence-corrected chi connectivity index (χ2v) is 10.6. The number of carbonyl (C=O) groups excluding carboxylic acids is 1. The minimum Gasteiger partial charge on any atom is -0.512 e. The average molecular weight is 543 g/mol. The number of aliphatic hydroxyl groups excluding tert-OH is 4. The monoisotopic (exact) mass is 542 g/mol. The highest BCUT2D eigenvalue weighted by molar-refractivity contribution is 5.75. The van der Waals surface area contributed by atoms with Crippen molar-refractivity contribution in [2.45, 2.75) is 116 Å². The van der Waals surface area contributed by atoms with Crippen molar-refractivity contribution in [3.63, 3.8) is 0 Å². The highest BCUT2D eigenvalue weighted by atomic mass is 16.3. The van der Waals surface area contributed by atoms with Crippen LogP contribution in [0.3, 0.4) is 0 Å². The molecule has 0 radical (unpaired) electrons. The maximum Gasteiger partial charge on any atom is 0.220 e. The summed E-state index contributed by atoms with van der Waals surface area (Å²) in [4.78, 5) is 15.0. The minimum atomic E-state index is -0.469. The topological polar surface area (TPSA) is 126 Å². The molecule has 0 aromatic carbocycles. The van der Waals surface area contributed by atoms with Gasteiger partial charge in [0.1, 0.15) is 0 Å². The number of hydrogen-bond donors (Lipinski definition) is 6. The molecule has 0 spiro atoms. The number of aromatic nitrogens is 1. The van der Waals surface area contributed by atoms with E-state index in [1.807, 2.05) is 12.3 Å². The highest BCUT2D eigenvalue weighted by Crippen LogP contribution is 2.27. The average Bonchev–Trinajstić information content (AvgIpc) is 3.45. The molecule has 218 valence electrons. The van der Waals surface area contributed by atoms with Gasteiger partial charge in [-0.05, 0) is 75.2 Å². The highest BCUT2D eigenvalue weighted by Gasteiger charge is 2.29. The van der Waals surface area contributed by atoms with E-state index < -0.39 is 18.3 Å². The molecule has 0 saturated heterocycles. The Hall–Kier alpha value is -2.57. The van der Waals surface area contributed by atoms with Crippen molar-refractivity contribution in [2.24, 2.45) is 5.92 Å². The van der Waals surface area contributed by atoms with Gasteiger partial charge in [0.15, 0.2) is 0 Å². The van der Waals surface area contributed by atoms with Crippen molar-refractivity contribution in [1.82, 2.24) is 10.3 Å². The number of aromatic amines is 1. The van der Waals surface area contributed by atoms with Crippen molar-refractivity contribution in [1.29, 1.82) is 0 Å². The third-order valence-corrected chi connectivity index (χ3v) is 7.18. The van der Waals surface area contributed by atoms with E-state index in [9.17, 15) is 25.2 Å². The number of aryl methyl sites for hydroxylation is 1. The van der Waals surface area contributed by atoms with E-state index in [1.54, 1.807) is 12.2 Å². The Labute approximate surface area is 234 Å². The Bertz CT molecular complexity index is 973. The van der Waals surface area contributed by atoms with Crippen LogP contribution in [0.1, 0.15) is 101 Å². The zero-order valence-corrected chi connectivity index (χ0v) is 23.9. The molecule has 2 aliphatic rings. The Morgan fingerprint density at radius 1 is 1.18 bits per heavy atom. The molecule has 1 amide bonds. The first-order valence-corrected chi connectivity index (χ1v) is 14.8. The molecule has 2 aliphatic carbocycles. The van der Waals surface area contributed by atoms with Gasteiger partial charge >= 0.3 is 0 Å². The zero-order chi connectivity index (χ0) is 28.5. The lowest BCUT2D eigenvalue weighted by Crippen LogP contribution is -2.25. The second-order valence-electron chi connectivity index (χ2n) is 10.6. The smallest absolute Gasteiger partial charge is 0.220 e. The summed E-state index contributed by atoms with van der Waals surface area (Å²) in [6.07, 6.45) is 21.2. The van der Waals surface area contributed by atoms with E-state index >= 15 is 0 Å². The molecule has 6 N–H and O–H groups in total. The van der Waals surface area contributed by atoms with Crippen LogP contribution in [-0.2, 0) is 17.6 Å². The van der Waals surface area contributed by atoms with Crippen LogP contribution in [0.4, 0.5) is 0 Å². The Morgan fingerprint density at radius 2 is 2.00 bits per heavy atom. The van der Waals surface area contributed by atoms with Crippen LogP contribution in [0.15, 0.2) is 42.0 Å². The molecule has 1 heterocycles. The summed E-state index contributed by atoms with van der Waals surface area (Å²) in [6, 6.07) is 0. The number of amides is 1. The Balaban J connectivity index is 0.000000283. The van der Waals surface area contributed by atoms with Gasteiger partial charge in [0, 0.05) is 42.8 Å². The molecule has 1 fully saturated rings. The molecule has 1 aromatic rings. The number of unbranched alkanes of at least 4 members (excludes halogenated alkanes) is 3. The van der Waals surface area contributed by atoms with Crippen LogP contribution in [-0.4, -0.2) is 56.2 Å². The quantitative estimate of drug-likeness (QED) is 0.106. The number of H-pyrrole nitrogens is 1. The van der Waals surface area contributed by atoms with E-state index in [2.05, 4.69) is 42.0 Å². The summed E-state index contributed by atoms with van der Waals surface area (Å²) in [6.45, 7) is 4.88. The molecule has 7 nitrogen and oxygen atoms in total. The largest absolute Gasteiger partial charge is 0.512 e. The Morgan fingerprint density at radius 3 is 2.72 bits per heavy atom. The summed E-state index contributed by atoms with van der Waals surface area (Å²) >= 11 is 0.